The van der Waals surface area contributed by atoms with Gasteiger partial charge in [0, 0.05) is 11.3 Å². The molecule has 1 aliphatic carbocycles. The van der Waals surface area contributed by atoms with Crippen molar-refractivity contribution in [2.45, 2.75) is 107 Å². The Balaban J connectivity index is 2.65. The maximum Gasteiger partial charge on any atom is 0.161 e. The second-order valence-corrected chi connectivity index (χ2v) is 11.3. The van der Waals surface area contributed by atoms with Crippen LogP contribution in [0.2, 0.25) is 0 Å². The molecule has 3 nitrogen and oxygen atoms in total. The van der Waals surface area contributed by atoms with Gasteiger partial charge in [-0.1, -0.05) is 64.8 Å². The predicted octanol–water partition coefficient (Wildman–Crippen LogP) is 11.1. The third-order valence-corrected chi connectivity index (χ3v) is 8.38. The number of allylic oxidation sites excluding steroid dienone is 9. The van der Waals surface area contributed by atoms with E-state index in [1.807, 2.05) is 6.07 Å². The molecule has 40 heavy (non-hydrogen) atoms. The standard InChI is InChI=1S/C37H55NO2/c1-11-16-32(20-19-26(5)12-2)30(14-4)23-29(8)37(27(6)13-3)38-34(24-28(7)31-17-15-18-31)33-21-22-35(39-9)36(25-33)40-10/h14,16,21-27H,11-13,15,17-20H2,1-10H3/b29-23-,30-14+,32-16+,34-24-,38-37-. The van der Waals surface area contributed by atoms with Crippen molar-refractivity contribution in [3.05, 3.63) is 75.9 Å². The first-order valence-corrected chi connectivity index (χ1v) is 15.5. The molecule has 2 rings (SSSR count). The van der Waals surface area contributed by atoms with E-state index in [-0.39, 0.29) is 0 Å². The number of nitrogens with zero attached hydrogens (tertiary/aromatic N) is 1. The molecule has 1 aromatic carbocycles. The van der Waals surface area contributed by atoms with E-state index < -0.39 is 0 Å². The minimum absolute atomic E-state index is 0.327. The van der Waals surface area contributed by atoms with Gasteiger partial charge in [0.15, 0.2) is 11.5 Å². The molecule has 220 valence electrons. The molecule has 2 atom stereocenters. The van der Waals surface area contributed by atoms with Crippen LogP contribution in [-0.4, -0.2) is 19.9 Å². The highest BCUT2D eigenvalue weighted by molar-refractivity contribution is 6.04. The van der Waals surface area contributed by atoms with Crippen LogP contribution in [0, 0.1) is 11.8 Å². The summed E-state index contributed by atoms with van der Waals surface area (Å²) in [5.74, 6) is 2.52. The summed E-state index contributed by atoms with van der Waals surface area (Å²) in [5.41, 5.74) is 10.0. The monoisotopic (exact) mass is 545 g/mol. The molecular weight excluding hydrogens is 490 g/mol. The lowest BCUT2D eigenvalue weighted by molar-refractivity contribution is 0.355. The van der Waals surface area contributed by atoms with E-state index in [1.165, 1.54) is 60.0 Å². The van der Waals surface area contributed by atoms with Crippen molar-refractivity contribution in [3.63, 3.8) is 0 Å². The van der Waals surface area contributed by atoms with Crippen molar-refractivity contribution in [1.29, 1.82) is 0 Å². The Labute approximate surface area is 245 Å². The second-order valence-electron chi connectivity index (χ2n) is 11.3. The maximum atomic E-state index is 5.66. The van der Waals surface area contributed by atoms with Crippen molar-refractivity contribution in [3.8, 4) is 11.5 Å². The Hall–Kier alpha value is -2.81. The van der Waals surface area contributed by atoms with Crippen LogP contribution in [0.5, 0.6) is 11.5 Å². The fourth-order valence-electron chi connectivity index (χ4n) is 5.03. The molecule has 0 heterocycles. The van der Waals surface area contributed by atoms with Crippen LogP contribution in [0.15, 0.2) is 75.4 Å². The Morgan fingerprint density at radius 3 is 2.20 bits per heavy atom. The van der Waals surface area contributed by atoms with Crippen LogP contribution in [0.4, 0.5) is 0 Å². The SMILES string of the molecule is C/C=C(\C=C(C)/C(=N\C(=C/C(C)=C1CCC1)c1ccc(OC)c(OC)c1)C(C)CC)C(=C/CC)/CCC(C)CC. The Kier molecular flexibility index (Phi) is 14.3. The Morgan fingerprint density at radius 1 is 0.975 bits per heavy atom. The van der Waals surface area contributed by atoms with Crippen LogP contribution >= 0.6 is 0 Å². The normalized spacial score (nSPS) is 16.9. The first-order chi connectivity index (χ1) is 19.2. The molecule has 1 aromatic rings. The molecule has 2 unspecified atom stereocenters. The van der Waals surface area contributed by atoms with Gasteiger partial charge < -0.3 is 9.47 Å². The zero-order chi connectivity index (χ0) is 29.7. The summed E-state index contributed by atoms with van der Waals surface area (Å²) in [6, 6.07) is 6.12. The van der Waals surface area contributed by atoms with Gasteiger partial charge in [0.2, 0.25) is 0 Å². The number of benzene rings is 1. The summed E-state index contributed by atoms with van der Waals surface area (Å²) < 4.78 is 11.2. The van der Waals surface area contributed by atoms with Crippen LogP contribution in [0.1, 0.15) is 112 Å². The average Bonchev–Trinajstić information content (AvgIpc) is 2.93. The minimum atomic E-state index is 0.327. The molecule has 0 aliphatic heterocycles. The highest BCUT2D eigenvalue weighted by Gasteiger charge is 2.17. The number of ether oxygens (including phenoxy) is 2. The lowest BCUT2D eigenvalue weighted by Gasteiger charge is -2.20. The average molecular weight is 546 g/mol. The van der Waals surface area contributed by atoms with Gasteiger partial charge >= 0.3 is 0 Å². The molecule has 0 N–H and O–H groups in total. The highest BCUT2D eigenvalue weighted by Crippen LogP contribution is 2.35. The van der Waals surface area contributed by atoms with Gasteiger partial charge in [-0.25, -0.2) is 0 Å². The topological polar surface area (TPSA) is 30.8 Å². The number of rotatable bonds is 15. The van der Waals surface area contributed by atoms with Crippen molar-refractivity contribution in [1.82, 2.24) is 0 Å². The predicted molar refractivity (Wildman–Crippen MR) is 176 cm³/mol. The van der Waals surface area contributed by atoms with E-state index >= 15 is 0 Å². The third kappa shape index (κ3) is 9.39. The highest BCUT2D eigenvalue weighted by atomic mass is 16.5. The summed E-state index contributed by atoms with van der Waals surface area (Å²) >= 11 is 0. The Bertz CT molecular complexity index is 1150. The minimum Gasteiger partial charge on any atom is -0.493 e. The first-order valence-electron chi connectivity index (χ1n) is 15.5. The van der Waals surface area contributed by atoms with Crippen molar-refractivity contribution in [2.75, 3.05) is 14.2 Å². The number of hydrogen-bond acceptors (Lipinski definition) is 3. The molecular formula is C37H55NO2. The van der Waals surface area contributed by atoms with Crippen LogP contribution in [-0.2, 0) is 0 Å². The number of hydrogen-bond donors (Lipinski definition) is 0. The molecule has 1 aliphatic rings. The van der Waals surface area contributed by atoms with E-state index in [9.17, 15) is 0 Å². The van der Waals surface area contributed by atoms with Crippen LogP contribution < -0.4 is 9.47 Å². The van der Waals surface area contributed by atoms with Gasteiger partial charge in [-0.15, -0.1) is 0 Å². The molecule has 0 bridgehead atoms. The van der Waals surface area contributed by atoms with Gasteiger partial charge in [0.25, 0.3) is 0 Å². The van der Waals surface area contributed by atoms with Crippen LogP contribution in [0.25, 0.3) is 5.70 Å². The largest absolute Gasteiger partial charge is 0.493 e. The van der Waals surface area contributed by atoms with E-state index in [2.05, 4.69) is 91.8 Å². The first kappa shape index (κ1) is 33.4. The Morgan fingerprint density at radius 2 is 1.68 bits per heavy atom. The summed E-state index contributed by atoms with van der Waals surface area (Å²) in [7, 11) is 3.37. The van der Waals surface area contributed by atoms with Gasteiger partial charge in [0.05, 0.1) is 19.9 Å². The molecule has 3 heteroatoms. The van der Waals surface area contributed by atoms with Gasteiger partial charge in [-0.05, 0) is 124 Å². The molecule has 1 fully saturated rings. The number of aliphatic imine (C=N–C) groups is 1. The van der Waals surface area contributed by atoms with E-state index in [0.717, 1.165) is 53.7 Å². The molecule has 0 saturated heterocycles. The third-order valence-electron chi connectivity index (χ3n) is 8.38. The molecule has 0 amide bonds. The van der Waals surface area contributed by atoms with Crippen molar-refractivity contribution >= 4 is 11.4 Å². The fourth-order valence-corrected chi connectivity index (χ4v) is 5.03. The van der Waals surface area contributed by atoms with Crippen LogP contribution in [0.3, 0.4) is 0 Å². The van der Waals surface area contributed by atoms with Gasteiger partial charge in [0.1, 0.15) is 0 Å². The van der Waals surface area contributed by atoms with Crippen molar-refractivity contribution < 1.29 is 9.47 Å². The fraction of sp³-hybridized carbons (Fsp3) is 0.541. The summed E-state index contributed by atoms with van der Waals surface area (Å²) in [5, 5.41) is 0. The zero-order valence-electron chi connectivity index (χ0n) is 27.1. The zero-order valence-corrected chi connectivity index (χ0v) is 27.1. The number of methoxy groups -OCH3 is 2. The maximum absolute atomic E-state index is 5.66. The van der Waals surface area contributed by atoms with Gasteiger partial charge in [-0.3, -0.25) is 4.99 Å². The van der Waals surface area contributed by atoms with Gasteiger partial charge in [-0.2, -0.15) is 0 Å². The molecule has 0 aromatic heterocycles. The summed E-state index contributed by atoms with van der Waals surface area (Å²) in [4.78, 5) is 5.44. The van der Waals surface area contributed by atoms with Crippen molar-refractivity contribution in [2.24, 2.45) is 16.8 Å². The lowest BCUT2D eigenvalue weighted by Crippen LogP contribution is -2.13. The summed E-state index contributed by atoms with van der Waals surface area (Å²) in [6.45, 7) is 18.0. The molecule has 0 radical (unpaired) electrons. The lowest BCUT2D eigenvalue weighted by atomic mass is 9.88. The molecule has 0 spiro atoms. The van der Waals surface area contributed by atoms with E-state index in [0.29, 0.717) is 5.92 Å². The smallest absolute Gasteiger partial charge is 0.161 e. The summed E-state index contributed by atoms with van der Waals surface area (Å²) in [6.07, 6.45) is 18.6. The van der Waals surface area contributed by atoms with E-state index in [4.69, 9.17) is 14.5 Å². The second kappa shape index (κ2) is 17.1. The van der Waals surface area contributed by atoms with E-state index in [1.54, 1.807) is 14.2 Å². The quantitative estimate of drug-likeness (QED) is 0.162. The molecule has 1 saturated carbocycles.